The average molecular weight is 502 g/mol. The van der Waals surface area contributed by atoms with Crippen molar-refractivity contribution < 1.29 is 9.84 Å². The summed E-state index contributed by atoms with van der Waals surface area (Å²) in [6.45, 7) is 4.35. The third-order valence-electron chi connectivity index (χ3n) is 6.92. The van der Waals surface area contributed by atoms with Crippen LogP contribution in [0.2, 0.25) is 0 Å². The number of methoxy groups -OCH3 is 1. The van der Waals surface area contributed by atoms with Crippen LogP contribution in [0, 0.1) is 0 Å². The molecule has 0 aliphatic carbocycles. The Hall–Kier alpha value is -3.82. The van der Waals surface area contributed by atoms with Gasteiger partial charge in [0.2, 0.25) is 0 Å². The minimum Gasteiger partial charge on any atom is -0.505 e. The molecule has 2 N–H and O–H groups in total. The van der Waals surface area contributed by atoms with Gasteiger partial charge in [0.1, 0.15) is 17.1 Å². The highest BCUT2D eigenvalue weighted by atomic mass is 32.1. The molecule has 2 aromatic carbocycles. The van der Waals surface area contributed by atoms with E-state index in [0.29, 0.717) is 22.6 Å². The Labute approximate surface area is 212 Å². The number of thiophene rings is 1. The van der Waals surface area contributed by atoms with Gasteiger partial charge in [-0.1, -0.05) is 12.1 Å². The third kappa shape index (κ3) is 3.90. The van der Waals surface area contributed by atoms with Crippen LogP contribution in [0.4, 0.5) is 5.69 Å². The Morgan fingerprint density at radius 2 is 1.86 bits per heavy atom. The summed E-state index contributed by atoms with van der Waals surface area (Å²) in [7, 11) is 3.77. The lowest BCUT2D eigenvalue weighted by atomic mass is 10.1. The number of piperazine rings is 1. The molecular formula is C27H27N5O3S. The smallest absolute Gasteiger partial charge is 0.266 e. The predicted octanol–water partition coefficient (Wildman–Crippen LogP) is 4.12. The third-order valence-corrected chi connectivity index (χ3v) is 7.83. The molecule has 0 unspecified atom stereocenters. The van der Waals surface area contributed by atoms with Crippen LogP contribution in [0.1, 0.15) is 5.56 Å². The van der Waals surface area contributed by atoms with Crippen LogP contribution in [0.25, 0.3) is 32.6 Å². The maximum atomic E-state index is 13.8. The van der Waals surface area contributed by atoms with E-state index in [9.17, 15) is 9.90 Å². The number of hydrogen-bond acceptors (Lipinski definition) is 7. The van der Waals surface area contributed by atoms with Gasteiger partial charge in [0.15, 0.2) is 5.75 Å². The van der Waals surface area contributed by atoms with E-state index in [1.54, 1.807) is 11.7 Å². The van der Waals surface area contributed by atoms with Crippen molar-refractivity contribution in [3.8, 4) is 22.9 Å². The first-order valence-corrected chi connectivity index (χ1v) is 12.8. The van der Waals surface area contributed by atoms with E-state index in [0.717, 1.165) is 54.2 Å². The van der Waals surface area contributed by atoms with Crippen molar-refractivity contribution in [3.05, 3.63) is 69.8 Å². The fraction of sp³-hybridized carbons (Fsp3) is 0.259. The standard InChI is InChI=1S/C27H27N5O3S/c1-30-10-12-31(13-11-30)18-5-8-20-21(15-18)29-26(28-20)23-24(33)25-22(9-14-36-25)32(27(23)34)16-17-3-6-19(35-2)7-4-17/h3-9,14-15,33H,10-13,16H2,1-2H3,(H,28,29). The van der Waals surface area contributed by atoms with Crippen molar-refractivity contribution in [2.24, 2.45) is 0 Å². The number of aromatic amines is 1. The molecule has 8 nitrogen and oxygen atoms in total. The molecule has 4 heterocycles. The number of anilines is 1. The number of fused-ring (bicyclic) bond motifs is 2. The van der Waals surface area contributed by atoms with Gasteiger partial charge in [-0.05, 0) is 54.4 Å². The summed E-state index contributed by atoms with van der Waals surface area (Å²) in [5.74, 6) is 1.10. The number of H-pyrrole nitrogens is 1. The summed E-state index contributed by atoms with van der Waals surface area (Å²) < 4.78 is 7.62. The van der Waals surface area contributed by atoms with Crippen LogP contribution >= 0.6 is 11.3 Å². The van der Waals surface area contributed by atoms with Gasteiger partial charge in [-0.15, -0.1) is 11.3 Å². The Kier molecular flexibility index (Phi) is 5.66. The first-order valence-electron chi connectivity index (χ1n) is 11.9. The molecule has 5 aromatic rings. The number of benzene rings is 2. The first-order chi connectivity index (χ1) is 17.5. The molecule has 3 aromatic heterocycles. The second-order valence-corrected chi connectivity index (χ2v) is 10.1. The Morgan fingerprint density at radius 1 is 1.08 bits per heavy atom. The number of rotatable bonds is 5. The normalized spacial score (nSPS) is 14.7. The van der Waals surface area contributed by atoms with Crippen molar-refractivity contribution in [2.75, 3.05) is 45.2 Å². The van der Waals surface area contributed by atoms with Crippen molar-refractivity contribution in [1.82, 2.24) is 19.4 Å². The van der Waals surface area contributed by atoms with Gasteiger partial charge < -0.3 is 29.2 Å². The number of hydrogen-bond donors (Lipinski definition) is 2. The maximum Gasteiger partial charge on any atom is 0.266 e. The second kappa shape index (κ2) is 9.00. The molecular weight excluding hydrogens is 474 g/mol. The Bertz CT molecular complexity index is 1610. The number of nitrogens with zero attached hydrogens (tertiary/aromatic N) is 4. The predicted molar refractivity (Wildman–Crippen MR) is 145 cm³/mol. The van der Waals surface area contributed by atoms with Gasteiger partial charge in [0.25, 0.3) is 5.56 Å². The van der Waals surface area contributed by atoms with E-state index in [4.69, 9.17) is 9.72 Å². The number of aromatic hydroxyl groups is 1. The number of ether oxygens (including phenoxy) is 1. The van der Waals surface area contributed by atoms with E-state index < -0.39 is 0 Å². The minimum atomic E-state index is -0.285. The van der Waals surface area contributed by atoms with Crippen LogP contribution in [-0.2, 0) is 6.54 Å². The largest absolute Gasteiger partial charge is 0.505 e. The zero-order chi connectivity index (χ0) is 24.8. The van der Waals surface area contributed by atoms with Crippen molar-refractivity contribution >= 4 is 38.3 Å². The van der Waals surface area contributed by atoms with Gasteiger partial charge in [-0.25, -0.2) is 4.98 Å². The molecule has 0 atom stereocenters. The van der Waals surface area contributed by atoms with Gasteiger partial charge in [0, 0.05) is 31.9 Å². The first kappa shape index (κ1) is 22.6. The van der Waals surface area contributed by atoms with Gasteiger partial charge >= 0.3 is 0 Å². The van der Waals surface area contributed by atoms with Gasteiger partial charge in [-0.2, -0.15) is 0 Å². The van der Waals surface area contributed by atoms with Crippen LogP contribution in [0.15, 0.2) is 58.7 Å². The van der Waals surface area contributed by atoms with Crippen LogP contribution in [0.5, 0.6) is 11.5 Å². The van der Waals surface area contributed by atoms with E-state index >= 15 is 0 Å². The molecule has 1 aliphatic heterocycles. The summed E-state index contributed by atoms with van der Waals surface area (Å²) in [5.41, 5.74) is 4.30. The molecule has 1 fully saturated rings. The number of aromatic nitrogens is 3. The lowest BCUT2D eigenvalue weighted by Gasteiger charge is -2.34. The highest BCUT2D eigenvalue weighted by Gasteiger charge is 2.22. The molecule has 36 heavy (non-hydrogen) atoms. The number of nitrogens with one attached hydrogen (secondary N) is 1. The number of pyridine rings is 1. The minimum absolute atomic E-state index is 0.0330. The summed E-state index contributed by atoms with van der Waals surface area (Å²) in [4.78, 5) is 26.5. The van der Waals surface area contributed by atoms with Crippen LogP contribution in [-0.4, -0.2) is 64.9 Å². The second-order valence-electron chi connectivity index (χ2n) is 9.18. The van der Waals surface area contributed by atoms with Crippen LogP contribution in [0.3, 0.4) is 0 Å². The maximum absolute atomic E-state index is 13.8. The number of likely N-dealkylation sites (N-methyl/N-ethyl adjacent to an activating group) is 1. The molecule has 0 spiro atoms. The summed E-state index contributed by atoms with van der Waals surface area (Å²) >= 11 is 1.41. The van der Waals surface area contributed by atoms with E-state index in [-0.39, 0.29) is 16.9 Å². The molecule has 0 bridgehead atoms. The fourth-order valence-corrected chi connectivity index (χ4v) is 5.66. The topological polar surface area (TPSA) is 86.6 Å². The lowest BCUT2D eigenvalue weighted by Crippen LogP contribution is -2.44. The molecule has 0 radical (unpaired) electrons. The van der Waals surface area contributed by atoms with Gasteiger partial charge in [-0.3, -0.25) is 4.79 Å². The number of imidazole rings is 1. The highest BCUT2D eigenvalue weighted by Crippen LogP contribution is 2.36. The SMILES string of the molecule is COc1ccc(Cn2c(=O)c(-c3nc4ccc(N5CCN(C)CC5)cc4[nH]3)c(O)c3sccc32)cc1. The van der Waals surface area contributed by atoms with Crippen LogP contribution < -0.4 is 15.2 Å². The lowest BCUT2D eigenvalue weighted by molar-refractivity contribution is 0.313. The summed E-state index contributed by atoms with van der Waals surface area (Å²) in [5, 5.41) is 13.0. The monoisotopic (exact) mass is 501 g/mol. The fourth-order valence-electron chi connectivity index (χ4n) is 4.81. The molecule has 184 valence electrons. The van der Waals surface area contributed by atoms with Crippen molar-refractivity contribution in [2.45, 2.75) is 6.54 Å². The van der Waals surface area contributed by atoms with Crippen molar-refractivity contribution in [3.63, 3.8) is 0 Å². The van der Waals surface area contributed by atoms with E-state index in [1.165, 1.54) is 11.3 Å². The molecule has 0 saturated carbocycles. The molecule has 1 aliphatic rings. The Balaban J connectivity index is 1.43. The van der Waals surface area contributed by atoms with Gasteiger partial charge in [0.05, 0.1) is 34.9 Å². The molecule has 1 saturated heterocycles. The van der Waals surface area contributed by atoms with E-state index in [2.05, 4.69) is 34.0 Å². The molecule has 0 amide bonds. The highest BCUT2D eigenvalue weighted by molar-refractivity contribution is 7.17. The zero-order valence-electron chi connectivity index (χ0n) is 20.2. The Morgan fingerprint density at radius 3 is 2.61 bits per heavy atom. The molecule has 6 rings (SSSR count). The van der Waals surface area contributed by atoms with E-state index in [1.807, 2.05) is 41.8 Å². The zero-order valence-corrected chi connectivity index (χ0v) is 21.0. The molecule has 9 heteroatoms. The van der Waals surface area contributed by atoms with Crippen molar-refractivity contribution in [1.29, 1.82) is 0 Å². The quantitative estimate of drug-likeness (QED) is 0.377. The average Bonchev–Trinajstić information content (AvgIpc) is 3.55. The summed E-state index contributed by atoms with van der Waals surface area (Å²) in [6.07, 6.45) is 0. The summed E-state index contributed by atoms with van der Waals surface area (Å²) in [6, 6.07) is 15.6.